The van der Waals surface area contributed by atoms with Crippen LogP contribution in [0.25, 0.3) is 0 Å². The van der Waals surface area contributed by atoms with Crippen LogP contribution in [0.5, 0.6) is 5.75 Å². The summed E-state index contributed by atoms with van der Waals surface area (Å²) in [4.78, 5) is 15.1. The van der Waals surface area contributed by atoms with Gasteiger partial charge in [-0.15, -0.1) is 0 Å². The van der Waals surface area contributed by atoms with Crippen molar-refractivity contribution in [1.29, 1.82) is 0 Å². The number of carbonyl (C=O) groups excluding carboxylic acids is 1. The SMILES string of the molecule is COC(=O)Cc1nc(CN)c(C(F)F)cc1OC. The van der Waals surface area contributed by atoms with Crippen LogP contribution in [0, 0.1) is 0 Å². The number of nitrogens with zero attached hydrogens (tertiary/aromatic N) is 1. The maximum absolute atomic E-state index is 12.7. The molecule has 1 heterocycles. The molecule has 1 aromatic rings. The molecule has 0 saturated heterocycles. The molecule has 0 spiro atoms. The monoisotopic (exact) mass is 260 g/mol. The Balaban J connectivity index is 3.21. The summed E-state index contributed by atoms with van der Waals surface area (Å²) in [6, 6.07) is 1.15. The van der Waals surface area contributed by atoms with E-state index in [2.05, 4.69) is 9.72 Å². The standard InChI is InChI=1S/C11H14F2N2O3/c1-17-9-3-6(11(12)13)8(5-14)15-7(9)4-10(16)18-2/h3,11H,4-5,14H2,1-2H3. The van der Waals surface area contributed by atoms with E-state index in [0.29, 0.717) is 0 Å². The van der Waals surface area contributed by atoms with Crippen molar-refractivity contribution in [1.82, 2.24) is 4.98 Å². The van der Waals surface area contributed by atoms with Gasteiger partial charge in [0.15, 0.2) is 0 Å². The third-order valence-corrected chi connectivity index (χ3v) is 2.36. The first-order chi connectivity index (χ1) is 8.53. The van der Waals surface area contributed by atoms with Crippen molar-refractivity contribution in [3.63, 3.8) is 0 Å². The van der Waals surface area contributed by atoms with E-state index in [1.54, 1.807) is 0 Å². The lowest BCUT2D eigenvalue weighted by molar-refractivity contribution is -0.139. The minimum absolute atomic E-state index is 0.0460. The number of methoxy groups -OCH3 is 2. The van der Waals surface area contributed by atoms with Crippen LogP contribution >= 0.6 is 0 Å². The molecule has 0 atom stereocenters. The van der Waals surface area contributed by atoms with Crippen LogP contribution in [-0.4, -0.2) is 25.2 Å². The van der Waals surface area contributed by atoms with E-state index in [9.17, 15) is 13.6 Å². The molecule has 7 heteroatoms. The van der Waals surface area contributed by atoms with Gasteiger partial charge in [-0.3, -0.25) is 9.78 Å². The fraction of sp³-hybridized carbons (Fsp3) is 0.455. The zero-order valence-corrected chi connectivity index (χ0v) is 10.1. The van der Waals surface area contributed by atoms with Gasteiger partial charge in [-0.2, -0.15) is 0 Å². The molecule has 18 heavy (non-hydrogen) atoms. The fourth-order valence-corrected chi connectivity index (χ4v) is 1.46. The molecule has 0 amide bonds. The quantitative estimate of drug-likeness (QED) is 0.805. The van der Waals surface area contributed by atoms with Gasteiger partial charge in [0.05, 0.1) is 32.0 Å². The predicted molar refractivity (Wildman–Crippen MR) is 59.4 cm³/mol. The van der Waals surface area contributed by atoms with Gasteiger partial charge in [-0.05, 0) is 6.07 Å². The summed E-state index contributed by atoms with van der Waals surface area (Å²) in [5.41, 5.74) is 5.35. The second-order valence-corrected chi connectivity index (χ2v) is 3.43. The maximum atomic E-state index is 12.7. The molecule has 0 aliphatic heterocycles. The van der Waals surface area contributed by atoms with E-state index < -0.39 is 12.4 Å². The van der Waals surface area contributed by atoms with Crippen molar-refractivity contribution in [3.8, 4) is 5.75 Å². The summed E-state index contributed by atoms with van der Waals surface area (Å²) in [6.45, 7) is -0.141. The van der Waals surface area contributed by atoms with Gasteiger partial charge >= 0.3 is 5.97 Å². The van der Waals surface area contributed by atoms with E-state index in [4.69, 9.17) is 10.5 Å². The van der Waals surface area contributed by atoms with Crippen molar-refractivity contribution >= 4 is 5.97 Å². The summed E-state index contributed by atoms with van der Waals surface area (Å²) in [5.74, 6) is -0.415. The number of halogens is 2. The first-order valence-corrected chi connectivity index (χ1v) is 5.15. The van der Waals surface area contributed by atoms with Gasteiger partial charge in [0.2, 0.25) is 0 Å². The molecule has 0 saturated carbocycles. The van der Waals surface area contributed by atoms with Gasteiger partial charge in [0.1, 0.15) is 5.75 Å². The van der Waals surface area contributed by atoms with Crippen LogP contribution in [0.2, 0.25) is 0 Å². The minimum atomic E-state index is -2.70. The zero-order chi connectivity index (χ0) is 13.7. The smallest absolute Gasteiger partial charge is 0.311 e. The van der Waals surface area contributed by atoms with Crippen molar-refractivity contribution in [2.45, 2.75) is 19.4 Å². The third kappa shape index (κ3) is 3.13. The van der Waals surface area contributed by atoms with Crippen LogP contribution in [0.15, 0.2) is 6.07 Å². The average molecular weight is 260 g/mol. The Bertz CT molecular complexity index is 439. The lowest BCUT2D eigenvalue weighted by Crippen LogP contribution is -2.12. The van der Waals surface area contributed by atoms with Crippen molar-refractivity contribution in [2.75, 3.05) is 14.2 Å². The molecule has 0 aliphatic carbocycles. The second kappa shape index (κ2) is 6.25. The number of hydrogen-bond donors (Lipinski definition) is 1. The van der Waals surface area contributed by atoms with Crippen LogP contribution in [0.4, 0.5) is 8.78 Å². The molecule has 1 aromatic heterocycles. The largest absolute Gasteiger partial charge is 0.495 e. The molecule has 0 fully saturated rings. The number of nitrogens with two attached hydrogens (primary N) is 1. The number of aromatic nitrogens is 1. The molecular weight excluding hydrogens is 246 g/mol. The van der Waals surface area contributed by atoms with Gasteiger partial charge in [-0.1, -0.05) is 0 Å². The molecule has 0 aliphatic rings. The summed E-state index contributed by atoms with van der Waals surface area (Å²) in [6.07, 6.45) is -2.85. The topological polar surface area (TPSA) is 74.4 Å². The average Bonchev–Trinajstić information content (AvgIpc) is 2.37. The van der Waals surface area contributed by atoms with Crippen LogP contribution in [-0.2, 0) is 22.5 Å². The third-order valence-electron chi connectivity index (χ3n) is 2.36. The summed E-state index contributed by atoms with van der Waals surface area (Å²) >= 11 is 0. The second-order valence-electron chi connectivity index (χ2n) is 3.43. The van der Waals surface area contributed by atoms with E-state index in [-0.39, 0.29) is 35.7 Å². The summed E-state index contributed by atoms with van der Waals surface area (Å²) < 4.78 is 34.9. The molecule has 0 aromatic carbocycles. The highest BCUT2D eigenvalue weighted by Gasteiger charge is 2.19. The molecule has 1 rings (SSSR count). The number of carbonyl (C=O) groups is 1. The normalized spacial score (nSPS) is 10.6. The van der Waals surface area contributed by atoms with E-state index >= 15 is 0 Å². The zero-order valence-electron chi connectivity index (χ0n) is 10.1. The first kappa shape index (κ1) is 14.3. The highest BCUT2D eigenvalue weighted by atomic mass is 19.3. The minimum Gasteiger partial charge on any atom is -0.495 e. The highest BCUT2D eigenvalue weighted by Crippen LogP contribution is 2.28. The molecule has 5 nitrogen and oxygen atoms in total. The number of pyridine rings is 1. The Morgan fingerprint density at radius 1 is 1.44 bits per heavy atom. The van der Waals surface area contributed by atoms with Gasteiger partial charge in [0.25, 0.3) is 6.43 Å². The van der Waals surface area contributed by atoms with E-state index in [0.717, 1.165) is 6.07 Å². The van der Waals surface area contributed by atoms with Crippen LogP contribution < -0.4 is 10.5 Å². The number of rotatable bonds is 5. The van der Waals surface area contributed by atoms with Gasteiger partial charge in [-0.25, -0.2) is 8.78 Å². The van der Waals surface area contributed by atoms with Crippen molar-refractivity contribution in [3.05, 3.63) is 23.0 Å². The van der Waals surface area contributed by atoms with Gasteiger partial charge in [0, 0.05) is 12.1 Å². The molecule has 0 bridgehead atoms. The van der Waals surface area contributed by atoms with Crippen LogP contribution in [0.3, 0.4) is 0 Å². The molecule has 100 valence electrons. The van der Waals surface area contributed by atoms with Crippen molar-refractivity contribution in [2.24, 2.45) is 5.73 Å². The van der Waals surface area contributed by atoms with E-state index in [1.165, 1.54) is 14.2 Å². The Hall–Kier alpha value is -1.76. The van der Waals surface area contributed by atoms with Crippen LogP contribution in [0.1, 0.15) is 23.4 Å². The highest BCUT2D eigenvalue weighted by molar-refractivity contribution is 5.72. The lowest BCUT2D eigenvalue weighted by Gasteiger charge is -2.12. The molecule has 0 radical (unpaired) electrons. The maximum Gasteiger partial charge on any atom is 0.311 e. The number of ether oxygens (including phenoxy) is 2. The molecule has 2 N–H and O–H groups in total. The number of alkyl halides is 2. The molecule has 0 unspecified atom stereocenters. The van der Waals surface area contributed by atoms with E-state index in [1.807, 2.05) is 0 Å². The molecular formula is C11H14F2N2O3. The Morgan fingerprint density at radius 3 is 2.56 bits per heavy atom. The van der Waals surface area contributed by atoms with Gasteiger partial charge < -0.3 is 15.2 Å². The number of esters is 1. The Labute approximate surface area is 103 Å². The first-order valence-electron chi connectivity index (χ1n) is 5.15. The number of hydrogen-bond acceptors (Lipinski definition) is 5. The Morgan fingerprint density at radius 2 is 2.11 bits per heavy atom. The van der Waals surface area contributed by atoms with Crippen molar-refractivity contribution < 1.29 is 23.0 Å². The Kier molecular flexibility index (Phi) is 4.96. The predicted octanol–water partition coefficient (Wildman–Crippen LogP) is 1.20. The summed E-state index contributed by atoms with van der Waals surface area (Å²) in [5, 5.41) is 0. The summed E-state index contributed by atoms with van der Waals surface area (Å²) in [7, 11) is 2.54. The fourth-order valence-electron chi connectivity index (χ4n) is 1.46. The lowest BCUT2D eigenvalue weighted by atomic mass is 10.1.